The summed E-state index contributed by atoms with van der Waals surface area (Å²) in [5, 5.41) is 0. The van der Waals surface area contributed by atoms with Crippen LogP contribution in [-0.2, 0) is 25.9 Å². The molecule has 0 aromatic heterocycles. The summed E-state index contributed by atoms with van der Waals surface area (Å²) in [6.45, 7) is 0. The molecule has 0 fully saturated rings. The van der Waals surface area contributed by atoms with Gasteiger partial charge in [0.2, 0.25) is 0 Å². The van der Waals surface area contributed by atoms with Crippen LogP contribution < -0.4 is 0 Å². The van der Waals surface area contributed by atoms with Crippen LogP contribution in [0, 0.1) is 0 Å². The summed E-state index contributed by atoms with van der Waals surface area (Å²) in [6, 6.07) is 11.0. The fourth-order valence-corrected chi connectivity index (χ4v) is 9.54. The van der Waals surface area contributed by atoms with Crippen molar-refractivity contribution in [3.8, 4) is 0 Å². The molecule has 0 N–H and O–H groups in total. The summed E-state index contributed by atoms with van der Waals surface area (Å²) in [6.07, 6.45) is 16.3. The summed E-state index contributed by atoms with van der Waals surface area (Å²) in [5.74, 6) is 0. The Morgan fingerprint density at radius 3 is 2.00 bits per heavy atom. The fourth-order valence-electron chi connectivity index (χ4n) is 2.58. The average Bonchev–Trinajstić information content (AvgIpc) is 3.11. The third-order valence-corrected chi connectivity index (χ3v) is 11.0. The van der Waals surface area contributed by atoms with Crippen LogP contribution in [0.25, 0.3) is 0 Å². The zero-order valence-electron chi connectivity index (χ0n) is 11.5. The molecule has 1 aromatic carbocycles. The Kier molecular flexibility index (Phi) is 3.91. The van der Waals surface area contributed by atoms with E-state index in [0.29, 0.717) is 0 Å². The standard InChI is InChI=1S/C7H7.2C5H5.Zr.H/c1-7-5-3-2-4-6-7;2*1-2-4-5-3-1;;/h2-6H,1H2;2*1-3H,4H2;;/q;;;;-1. The van der Waals surface area contributed by atoms with Crippen LogP contribution >= 0.6 is 0 Å². The van der Waals surface area contributed by atoms with Crippen LogP contribution in [0.15, 0.2) is 73.3 Å². The largest absolute Gasteiger partial charge is 1.00 e. The number of allylic oxidation sites excluding steroid dienone is 8. The summed E-state index contributed by atoms with van der Waals surface area (Å²) < 4.78 is 4.84. The van der Waals surface area contributed by atoms with E-state index in [1.54, 1.807) is 6.56 Å². The zero-order chi connectivity index (χ0) is 12.2. The average molecular weight is 314 g/mol. The van der Waals surface area contributed by atoms with Gasteiger partial charge in [0, 0.05) is 0 Å². The van der Waals surface area contributed by atoms with Crippen LogP contribution in [0.3, 0.4) is 0 Å². The maximum atomic E-state index is 2.39. The van der Waals surface area contributed by atoms with Gasteiger partial charge >= 0.3 is 118 Å². The summed E-state index contributed by atoms with van der Waals surface area (Å²) in [4.78, 5) is 0. The molecule has 18 heavy (non-hydrogen) atoms. The molecule has 2 aliphatic carbocycles. The maximum absolute atomic E-state index is 2.39. The van der Waals surface area contributed by atoms with Crippen LogP contribution in [0.2, 0.25) is 0 Å². The van der Waals surface area contributed by atoms with Crippen molar-refractivity contribution in [3.05, 3.63) is 78.9 Å². The molecule has 0 amide bonds. The molecule has 1 aromatic rings. The van der Waals surface area contributed by atoms with E-state index in [9.17, 15) is 0 Å². The van der Waals surface area contributed by atoms with Gasteiger partial charge in [-0.15, -0.1) is 0 Å². The molecule has 0 saturated carbocycles. The monoisotopic (exact) mass is 312 g/mol. The minimum absolute atomic E-state index is 0. The van der Waals surface area contributed by atoms with E-state index in [2.05, 4.69) is 66.8 Å². The maximum Gasteiger partial charge on any atom is -1.00 e. The molecule has 0 saturated heterocycles. The van der Waals surface area contributed by atoms with Gasteiger partial charge in [-0.25, -0.2) is 0 Å². The molecule has 0 radical (unpaired) electrons. The first kappa shape index (κ1) is 12.1. The smallest absolute Gasteiger partial charge is 1.00 e. The van der Waals surface area contributed by atoms with Crippen molar-refractivity contribution >= 4 is 0 Å². The molecule has 1 heteroatoms. The molecule has 91 valence electrons. The van der Waals surface area contributed by atoms with Gasteiger partial charge in [-0.3, -0.25) is 0 Å². The van der Waals surface area contributed by atoms with Crippen LogP contribution in [-0.4, -0.2) is 0 Å². The zero-order valence-corrected chi connectivity index (χ0v) is 12.9. The Hall–Kier alpha value is -0.937. The molecule has 0 atom stereocenters. The van der Waals surface area contributed by atoms with E-state index >= 15 is 0 Å². The second-order valence-electron chi connectivity index (χ2n) is 4.79. The van der Waals surface area contributed by atoms with Crippen molar-refractivity contribution in [1.29, 1.82) is 0 Å². The van der Waals surface area contributed by atoms with Crippen molar-refractivity contribution in [2.45, 2.75) is 17.0 Å². The molecule has 3 rings (SSSR count). The number of rotatable bonds is 4. The van der Waals surface area contributed by atoms with Gasteiger partial charge in [-0.2, -0.15) is 0 Å². The molecule has 0 heterocycles. The first-order chi connectivity index (χ1) is 8.93. The van der Waals surface area contributed by atoms with Gasteiger partial charge in [-0.05, 0) is 0 Å². The van der Waals surface area contributed by atoms with E-state index < -0.39 is 21.8 Å². The Bertz CT molecular complexity index is 508. The summed E-state index contributed by atoms with van der Waals surface area (Å²) in [5.41, 5.74) is 1.52. The van der Waals surface area contributed by atoms with Crippen LogP contribution in [0.1, 0.15) is 19.8 Å². The van der Waals surface area contributed by atoms with Crippen molar-refractivity contribution in [2.75, 3.05) is 0 Å². The quantitative estimate of drug-likeness (QED) is 0.762. The van der Waals surface area contributed by atoms with Crippen molar-refractivity contribution in [1.82, 2.24) is 0 Å². The molecule has 0 spiro atoms. The molecule has 0 aliphatic heterocycles. The first-order valence-electron chi connectivity index (χ1n) is 6.55. The normalized spacial score (nSPS) is 16.9. The molecular weight excluding hydrogens is 295 g/mol. The predicted molar refractivity (Wildman–Crippen MR) is 74.9 cm³/mol. The Balaban J connectivity index is 0.00000133. The Labute approximate surface area is 119 Å². The number of benzene rings is 1. The van der Waals surface area contributed by atoms with E-state index in [-0.39, 0.29) is 1.43 Å². The van der Waals surface area contributed by atoms with Gasteiger partial charge in [0.1, 0.15) is 0 Å². The van der Waals surface area contributed by atoms with Gasteiger partial charge < -0.3 is 1.43 Å². The minimum Gasteiger partial charge on any atom is -1.00 e. The van der Waals surface area contributed by atoms with Gasteiger partial charge in [-0.1, -0.05) is 0 Å². The summed E-state index contributed by atoms with van der Waals surface area (Å²) in [7, 11) is 0. The Morgan fingerprint density at radius 2 is 1.50 bits per heavy atom. The van der Waals surface area contributed by atoms with E-state index in [0.717, 1.165) is 0 Å². The fraction of sp³-hybridized carbons (Fsp3) is 0.176. The minimum atomic E-state index is -1.61. The second kappa shape index (κ2) is 5.80. The number of hydrogen-bond acceptors (Lipinski definition) is 0. The van der Waals surface area contributed by atoms with E-state index in [1.165, 1.54) is 22.5 Å². The topological polar surface area (TPSA) is 0 Å². The third kappa shape index (κ3) is 2.73. The van der Waals surface area contributed by atoms with Gasteiger partial charge in [0.25, 0.3) is 0 Å². The van der Waals surface area contributed by atoms with Crippen molar-refractivity contribution in [2.24, 2.45) is 0 Å². The van der Waals surface area contributed by atoms with Gasteiger partial charge in [0.15, 0.2) is 0 Å². The van der Waals surface area contributed by atoms with Gasteiger partial charge in [0.05, 0.1) is 0 Å². The molecule has 0 unspecified atom stereocenters. The summed E-state index contributed by atoms with van der Waals surface area (Å²) >= 11 is -1.61. The van der Waals surface area contributed by atoms with Crippen LogP contribution in [0.4, 0.5) is 0 Å². The predicted octanol–water partition coefficient (Wildman–Crippen LogP) is 4.60. The molecule has 0 nitrogen and oxygen atoms in total. The van der Waals surface area contributed by atoms with Crippen LogP contribution in [0.5, 0.6) is 0 Å². The van der Waals surface area contributed by atoms with Crippen molar-refractivity contribution in [3.63, 3.8) is 0 Å². The molecular formula is C17H18Zr-. The number of hydrogen-bond donors (Lipinski definition) is 0. The van der Waals surface area contributed by atoms with E-state index in [4.69, 9.17) is 0 Å². The Morgan fingerprint density at radius 1 is 0.889 bits per heavy atom. The molecule has 0 bridgehead atoms. The SMILES string of the molecule is C1=CC[C]([Zr]([CH2]c2ccccc2)[C]2=CC=CC2)=C1.[H-]. The first-order valence-corrected chi connectivity index (χ1v) is 10.7. The third-order valence-electron chi connectivity index (χ3n) is 3.54. The van der Waals surface area contributed by atoms with Crippen molar-refractivity contribution < 1.29 is 23.2 Å². The molecule has 2 aliphatic rings. The van der Waals surface area contributed by atoms with E-state index in [1.807, 2.05) is 0 Å². The second-order valence-corrected chi connectivity index (χ2v) is 11.2.